The van der Waals surface area contributed by atoms with Crippen LogP contribution in [0.15, 0.2) is 24.3 Å². The minimum atomic E-state index is 1.18. The van der Waals surface area contributed by atoms with Crippen molar-refractivity contribution in [3.05, 3.63) is 35.4 Å². The van der Waals surface area contributed by atoms with Crippen molar-refractivity contribution < 1.29 is 0 Å². The van der Waals surface area contributed by atoms with Gasteiger partial charge in [0, 0.05) is 0 Å². The Balaban J connectivity index is 1.80. The van der Waals surface area contributed by atoms with Gasteiger partial charge < -0.3 is 0 Å². The summed E-state index contributed by atoms with van der Waals surface area (Å²) in [5, 5.41) is 0. The van der Waals surface area contributed by atoms with Crippen LogP contribution in [0.25, 0.3) is 0 Å². The van der Waals surface area contributed by atoms with Crippen LogP contribution in [-0.2, 0) is 12.8 Å². The second-order valence-corrected chi connectivity index (χ2v) is 8.18. The Bertz CT molecular complexity index is 406. The SMILES string of the molecule is CCCCCCCCCCCCCCCCCCc1ccccc1CC. The van der Waals surface area contributed by atoms with Crippen LogP contribution in [0, 0.1) is 0 Å². The molecule has 0 amide bonds. The quantitative estimate of drug-likeness (QED) is 0.229. The van der Waals surface area contributed by atoms with Crippen molar-refractivity contribution in [2.45, 2.75) is 129 Å². The van der Waals surface area contributed by atoms with Crippen molar-refractivity contribution in [3.8, 4) is 0 Å². The van der Waals surface area contributed by atoms with Gasteiger partial charge in [-0.05, 0) is 30.4 Å². The summed E-state index contributed by atoms with van der Waals surface area (Å²) >= 11 is 0. The summed E-state index contributed by atoms with van der Waals surface area (Å²) in [6, 6.07) is 8.99. The standard InChI is InChI=1S/C26H46/c1-3-5-6-7-8-9-10-11-12-13-14-15-16-17-18-19-23-26-24-21-20-22-25(26)4-2/h20-22,24H,3-19,23H2,1-2H3. The Morgan fingerprint density at radius 1 is 0.462 bits per heavy atom. The summed E-state index contributed by atoms with van der Waals surface area (Å²) in [6.07, 6.45) is 25.6. The number of unbranched alkanes of at least 4 members (excludes halogenated alkanes) is 15. The van der Waals surface area contributed by atoms with E-state index in [-0.39, 0.29) is 0 Å². The summed E-state index contributed by atoms with van der Waals surface area (Å²) < 4.78 is 0. The molecule has 0 aliphatic heterocycles. The van der Waals surface area contributed by atoms with E-state index < -0.39 is 0 Å². The molecule has 0 aromatic heterocycles. The third kappa shape index (κ3) is 12.6. The average Bonchev–Trinajstić information content (AvgIpc) is 2.68. The molecule has 0 radical (unpaired) electrons. The van der Waals surface area contributed by atoms with Gasteiger partial charge in [-0.1, -0.05) is 134 Å². The Kier molecular flexibility index (Phi) is 15.8. The van der Waals surface area contributed by atoms with E-state index in [1.54, 1.807) is 11.1 Å². The predicted octanol–water partition coefficient (Wildman–Crippen LogP) is 9.05. The Labute approximate surface area is 165 Å². The second-order valence-electron chi connectivity index (χ2n) is 8.18. The molecule has 1 aromatic carbocycles. The van der Waals surface area contributed by atoms with E-state index in [1.165, 1.54) is 116 Å². The predicted molar refractivity (Wildman–Crippen MR) is 119 cm³/mol. The highest BCUT2D eigenvalue weighted by Gasteiger charge is 1.99. The first-order chi connectivity index (χ1) is 12.9. The molecule has 0 aliphatic carbocycles. The van der Waals surface area contributed by atoms with Crippen molar-refractivity contribution in [3.63, 3.8) is 0 Å². The molecule has 0 fully saturated rings. The van der Waals surface area contributed by atoms with Gasteiger partial charge in [0.25, 0.3) is 0 Å². The maximum absolute atomic E-state index is 2.32. The molecule has 0 N–H and O–H groups in total. The molecule has 1 rings (SSSR count). The van der Waals surface area contributed by atoms with Crippen LogP contribution in [0.2, 0.25) is 0 Å². The molecule has 0 nitrogen and oxygen atoms in total. The topological polar surface area (TPSA) is 0 Å². The minimum absolute atomic E-state index is 1.18. The molecule has 0 bridgehead atoms. The minimum Gasteiger partial charge on any atom is -0.0654 e. The second kappa shape index (κ2) is 17.6. The van der Waals surface area contributed by atoms with Crippen LogP contribution in [0.5, 0.6) is 0 Å². The molecule has 0 saturated carbocycles. The van der Waals surface area contributed by atoms with Crippen LogP contribution in [-0.4, -0.2) is 0 Å². The van der Waals surface area contributed by atoms with E-state index in [9.17, 15) is 0 Å². The number of hydrogen-bond acceptors (Lipinski definition) is 0. The van der Waals surface area contributed by atoms with E-state index in [0.717, 1.165) is 0 Å². The van der Waals surface area contributed by atoms with Gasteiger partial charge >= 0.3 is 0 Å². The van der Waals surface area contributed by atoms with E-state index in [4.69, 9.17) is 0 Å². The van der Waals surface area contributed by atoms with Crippen molar-refractivity contribution in [1.82, 2.24) is 0 Å². The first-order valence-corrected chi connectivity index (χ1v) is 11.9. The monoisotopic (exact) mass is 358 g/mol. The number of hydrogen-bond donors (Lipinski definition) is 0. The van der Waals surface area contributed by atoms with Crippen molar-refractivity contribution in [2.75, 3.05) is 0 Å². The van der Waals surface area contributed by atoms with E-state index >= 15 is 0 Å². The van der Waals surface area contributed by atoms with Gasteiger partial charge in [-0.15, -0.1) is 0 Å². The van der Waals surface area contributed by atoms with Crippen molar-refractivity contribution >= 4 is 0 Å². The fourth-order valence-corrected chi connectivity index (χ4v) is 4.01. The molecule has 0 atom stereocenters. The summed E-state index contributed by atoms with van der Waals surface area (Å²) in [4.78, 5) is 0. The van der Waals surface area contributed by atoms with Crippen LogP contribution in [0.3, 0.4) is 0 Å². The van der Waals surface area contributed by atoms with Crippen LogP contribution >= 0.6 is 0 Å². The molecule has 0 saturated heterocycles. The van der Waals surface area contributed by atoms with Gasteiger partial charge in [0.15, 0.2) is 0 Å². The molecule has 0 unspecified atom stereocenters. The number of rotatable bonds is 18. The zero-order chi connectivity index (χ0) is 18.7. The molecular formula is C26H46. The van der Waals surface area contributed by atoms with Crippen molar-refractivity contribution in [1.29, 1.82) is 0 Å². The summed E-state index contributed by atoms with van der Waals surface area (Å²) in [5.41, 5.74) is 3.13. The van der Waals surface area contributed by atoms with Crippen molar-refractivity contribution in [2.24, 2.45) is 0 Å². The van der Waals surface area contributed by atoms with Gasteiger partial charge in [0.05, 0.1) is 0 Å². The summed E-state index contributed by atoms with van der Waals surface area (Å²) in [5.74, 6) is 0. The lowest BCUT2D eigenvalue weighted by Crippen LogP contribution is -1.92. The zero-order valence-electron chi connectivity index (χ0n) is 18.0. The molecular weight excluding hydrogens is 312 g/mol. The van der Waals surface area contributed by atoms with Crippen LogP contribution in [0.1, 0.15) is 128 Å². The van der Waals surface area contributed by atoms with Gasteiger partial charge in [-0.25, -0.2) is 0 Å². The highest BCUT2D eigenvalue weighted by atomic mass is 14.1. The zero-order valence-corrected chi connectivity index (χ0v) is 18.0. The molecule has 0 spiro atoms. The fraction of sp³-hybridized carbons (Fsp3) is 0.769. The fourth-order valence-electron chi connectivity index (χ4n) is 4.01. The summed E-state index contributed by atoms with van der Waals surface area (Å²) in [7, 11) is 0. The van der Waals surface area contributed by atoms with Gasteiger partial charge in [-0.3, -0.25) is 0 Å². The lowest BCUT2D eigenvalue weighted by Gasteiger charge is -2.07. The number of benzene rings is 1. The first-order valence-electron chi connectivity index (χ1n) is 11.9. The van der Waals surface area contributed by atoms with Gasteiger partial charge in [-0.2, -0.15) is 0 Å². The Morgan fingerprint density at radius 3 is 1.27 bits per heavy atom. The van der Waals surface area contributed by atoms with Crippen LogP contribution < -0.4 is 0 Å². The third-order valence-electron chi connectivity index (χ3n) is 5.80. The lowest BCUT2D eigenvalue weighted by atomic mass is 9.99. The lowest BCUT2D eigenvalue weighted by molar-refractivity contribution is 0.529. The largest absolute Gasteiger partial charge is 0.0654 e. The highest BCUT2D eigenvalue weighted by molar-refractivity contribution is 5.26. The van der Waals surface area contributed by atoms with Gasteiger partial charge in [0.1, 0.15) is 0 Å². The first kappa shape index (κ1) is 23.3. The van der Waals surface area contributed by atoms with E-state index in [0.29, 0.717) is 0 Å². The average molecular weight is 359 g/mol. The molecule has 0 heterocycles. The maximum atomic E-state index is 2.32. The Morgan fingerprint density at radius 2 is 0.846 bits per heavy atom. The third-order valence-corrected chi connectivity index (χ3v) is 5.80. The summed E-state index contributed by atoms with van der Waals surface area (Å²) in [6.45, 7) is 4.57. The van der Waals surface area contributed by atoms with E-state index in [1.807, 2.05) is 0 Å². The highest BCUT2D eigenvalue weighted by Crippen LogP contribution is 2.16. The van der Waals surface area contributed by atoms with Crippen LogP contribution in [0.4, 0.5) is 0 Å². The molecule has 26 heavy (non-hydrogen) atoms. The Hall–Kier alpha value is -0.780. The maximum Gasteiger partial charge on any atom is -0.0276 e. The molecule has 0 aliphatic rings. The smallest absolute Gasteiger partial charge is 0.0276 e. The number of aryl methyl sites for hydroxylation is 2. The molecule has 0 heteroatoms. The normalized spacial score (nSPS) is 11.2. The van der Waals surface area contributed by atoms with E-state index in [2.05, 4.69) is 38.1 Å². The molecule has 150 valence electrons. The van der Waals surface area contributed by atoms with Gasteiger partial charge in [0.2, 0.25) is 0 Å². The molecule has 1 aromatic rings.